The van der Waals surface area contributed by atoms with E-state index >= 15 is 0 Å². The SMILES string of the molecule is COC(=O)c1ccc(CNC(=O)CCc2ncc(-c3ccccc3)o2)cc1. The van der Waals surface area contributed by atoms with Crippen LogP contribution >= 0.6 is 0 Å². The highest BCUT2D eigenvalue weighted by Crippen LogP contribution is 2.20. The smallest absolute Gasteiger partial charge is 0.337 e. The third kappa shape index (κ3) is 5.04. The molecule has 0 bridgehead atoms. The average molecular weight is 364 g/mol. The summed E-state index contributed by atoms with van der Waals surface area (Å²) in [5.41, 5.74) is 2.33. The zero-order chi connectivity index (χ0) is 19.1. The predicted molar refractivity (Wildman–Crippen MR) is 99.9 cm³/mol. The Morgan fingerprint density at radius 1 is 1.07 bits per heavy atom. The molecule has 1 heterocycles. The monoisotopic (exact) mass is 364 g/mol. The first-order valence-corrected chi connectivity index (χ1v) is 8.60. The van der Waals surface area contributed by atoms with Gasteiger partial charge in [-0.2, -0.15) is 0 Å². The van der Waals surface area contributed by atoms with Crippen molar-refractivity contribution in [2.75, 3.05) is 7.11 Å². The van der Waals surface area contributed by atoms with Crippen LogP contribution in [0.4, 0.5) is 0 Å². The van der Waals surface area contributed by atoms with Crippen molar-refractivity contribution in [1.82, 2.24) is 10.3 Å². The summed E-state index contributed by atoms with van der Waals surface area (Å²) in [5.74, 6) is 0.751. The van der Waals surface area contributed by atoms with E-state index in [1.807, 2.05) is 30.3 Å². The van der Waals surface area contributed by atoms with E-state index in [1.54, 1.807) is 30.5 Å². The minimum Gasteiger partial charge on any atom is -0.465 e. The molecule has 0 aliphatic carbocycles. The van der Waals surface area contributed by atoms with E-state index in [4.69, 9.17) is 4.42 Å². The molecule has 27 heavy (non-hydrogen) atoms. The van der Waals surface area contributed by atoms with Gasteiger partial charge in [0.15, 0.2) is 11.7 Å². The Labute approximate surface area is 157 Å². The fourth-order valence-corrected chi connectivity index (χ4v) is 2.55. The highest BCUT2D eigenvalue weighted by molar-refractivity contribution is 5.89. The van der Waals surface area contributed by atoms with Crippen molar-refractivity contribution in [2.45, 2.75) is 19.4 Å². The molecule has 0 unspecified atom stereocenters. The van der Waals surface area contributed by atoms with E-state index in [0.717, 1.165) is 11.1 Å². The minimum atomic E-state index is -0.383. The number of ether oxygens (including phenoxy) is 1. The molecule has 1 N–H and O–H groups in total. The van der Waals surface area contributed by atoms with Crippen LogP contribution in [0.15, 0.2) is 65.2 Å². The maximum absolute atomic E-state index is 12.0. The number of hydrogen-bond donors (Lipinski definition) is 1. The van der Waals surface area contributed by atoms with Crippen molar-refractivity contribution in [1.29, 1.82) is 0 Å². The molecule has 1 amide bonds. The van der Waals surface area contributed by atoms with Crippen LogP contribution in [-0.2, 0) is 22.5 Å². The minimum absolute atomic E-state index is 0.0912. The first-order valence-electron chi connectivity index (χ1n) is 8.60. The van der Waals surface area contributed by atoms with Gasteiger partial charge in [0.25, 0.3) is 0 Å². The van der Waals surface area contributed by atoms with Crippen molar-refractivity contribution < 1.29 is 18.7 Å². The van der Waals surface area contributed by atoms with Crippen molar-refractivity contribution in [3.63, 3.8) is 0 Å². The number of nitrogens with one attached hydrogen (secondary N) is 1. The number of nitrogens with zero attached hydrogens (tertiary/aromatic N) is 1. The Kier molecular flexibility index (Phi) is 5.99. The van der Waals surface area contributed by atoms with Gasteiger partial charge in [-0.3, -0.25) is 4.79 Å². The van der Waals surface area contributed by atoms with Gasteiger partial charge >= 0.3 is 5.97 Å². The van der Waals surface area contributed by atoms with Gasteiger partial charge in [-0.25, -0.2) is 9.78 Å². The highest BCUT2D eigenvalue weighted by atomic mass is 16.5. The summed E-state index contributed by atoms with van der Waals surface area (Å²) in [6.07, 6.45) is 2.39. The first-order chi connectivity index (χ1) is 13.2. The molecule has 0 aliphatic heterocycles. The first kappa shape index (κ1) is 18.4. The van der Waals surface area contributed by atoms with Crippen LogP contribution in [0.1, 0.15) is 28.2 Å². The topological polar surface area (TPSA) is 81.4 Å². The molecule has 0 spiro atoms. The van der Waals surface area contributed by atoms with Crippen molar-refractivity contribution in [2.24, 2.45) is 0 Å². The Morgan fingerprint density at radius 3 is 2.52 bits per heavy atom. The van der Waals surface area contributed by atoms with Gasteiger partial charge in [-0.1, -0.05) is 42.5 Å². The van der Waals surface area contributed by atoms with Crippen LogP contribution in [0.5, 0.6) is 0 Å². The Morgan fingerprint density at radius 2 is 1.81 bits per heavy atom. The van der Waals surface area contributed by atoms with Crippen LogP contribution < -0.4 is 5.32 Å². The molecule has 0 aliphatic rings. The molecule has 0 fully saturated rings. The highest BCUT2D eigenvalue weighted by Gasteiger charge is 2.09. The summed E-state index contributed by atoms with van der Waals surface area (Å²) < 4.78 is 10.3. The normalized spacial score (nSPS) is 10.4. The third-order valence-electron chi connectivity index (χ3n) is 4.04. The number of amides is 1. The van der Waals surface area contributed by atoms with Gasteiger partial charge in [0.05, 0.1) is 18.9 Å². The molecule has 3 aromatic rings. The Bertz CT molecular complexity index is 901. The number of rotatable bonds is 7. The lowest BCUT2D eigenvalue weighted by atomic mass is 10.1. The van der Waals surface area contributed by atoms with Gasteiger partial charge in [-0.15, -0.1) is 0 Å². The second kappa shape index (κ2) is 8.80. The van der Waals surface area contributed by atoms with Crippen LogP contribution in [0.25, 0.3) is 11.3 Å². The number of oxazole rings is 1. The number of esters is 1. The molecule has 0 saturated carbocycles. The van der Waals surface area contributed by atoms with Crippen molar-refractivity contribution in [3.05, 3.63) is 77.8 Å². The third-order valence-corrected chi connectivity index (χ3v) is 4.04. The molecule has 0 saturated heterocycles. The molecular weight excluding hydrogens is 344 g/mol. The summed E-state index contributed by atoms with van der Waals surface area (Å²) in [6, 6.07) is 16.6. The number of carbonyl (C=O) groups excluding carboxylic acids is 2. The van der Waals surface area contributed by atoms with Gasteiger partial charge < -0.3 is 14.5 Å². The predicted octanol–water partition coefficient (Wildman–Crippen LogP) is 3.38. The summed E-state index contributed by atoms with van der Waals surface area (Å²) >= 11 is 0. The molecule has 138 valence electrons. The number of aromatic nitrogens is 1. The van der Waals surface area contributed by atoms with Gasteiger partial charge in [0.2, 0.25) is 5.91 Å². The van der Waals surface area contributed by atoms with E-state index in [0.29, 0.717) is 30.2 Å². The summed E-state index contributed by atoms with van der Waals surface area (Å²) in [5, 5.41) is 2.85. The Balaban J connectivity index is 1.46. The average Bonchev–Trinajstić information content (AvgIpc) is 3.20. The summed E-state index contributed by atoms with van der Waals surface area (Å²) in [7, 11) is 1.34. The molecule has 1 aromatic heterocycles. The standard InChI is InChI=1S/C21H20N2O4/c1-26-21(25)17-9-7-15(8-10-17)13-22-19(24)11-12-20-23-14-18(27-20)16-5-3-2-4-6-16/h2-10,14H,11-13H2,1H3,(H,22,24). The van der Waals surface area contributed by atoms with Crippen molar-refractivity contribution in [3.8, 4) is 11.3 Å². The lowest BCUT2D eigenvalue weighted by molar-refractivity contribution is -0.121. The largest absolute Gasteiger partial charge is 0.465 e. The number of benzene rings is 2. The fraction of sp³-hybridized carbons (Fsp3) is 0.190. The van der Waals surface area contributed by atoms with Gasteiger partial charge in [0, 0.05) is 24.9 Å². The number of hydrogen-bond acceptors (Lipinski definition) is 5. The zero-order valence-corrected chi connectivity index (χ0v) is 15.0. The second-order valence-electron chi connectivity index (χ2n) is 5.95. The molecule has 2 aromatic carbocycles. The molecule has 6 heteroatoms. The second-order valence-corrected chi connectivity index (χ2v) is 5.95. The van der Waals surface area contributed by atoms with Crippen LogP contribution in [-0.4, -0.2) is 24.0 Å². The maximum Gasteiger partial charge on any atom is 0.337 e. The molecule has 3 rings (SSSR count). The van der Waals surface area contributed by atoms with Crippen LogP contribution in [0.3, 0.4) is 0 Å². The van der Waals surface area contributed by atoms with Crippen molar-refractivity contribution >= 4 is 11.9 Å². The van der Waals surface area contributed by atoms with E-state index in [-0.39, 0.29) is 18.3 Å². The molecule has 6 nitrogen and oxygen atoms in total. The number of carbonyl (C=O) groups is 2. The van der Waals surface area contributed by atoms with Gasteiger partial charge in [-0.05, 0) is 17.7 Å². The van der Waals surface area contributed by atoms with E-state index in [9.17, 15) is 9.59 Å². The van der Waals surface area contributed by atoms with E-state index in [2.05, 4.69) is 15.0 Å². The number of methoxy groups -OCH3 is 1. The lowest BCUT2D eigenvalue weighted by Crippen LogP contribution is -2.23. The van der Waals surface area contributed by atoms with E-state index < -0.39 is 0 Å². The maximum atomic E-state index is 12.0. The summed E-state index contributed by atoms with van der Waals surface area (Å²) in [6.45, 7) is 0.390. The number of aryl methyl sites for hydroxylation is 1. The fourth-order valence-electron chi connectivity index (χ4n) is 2.55. The molecule has 0 atom stereocenters. The van der Waals surface area contributed by atoms with Crippen LogP contribution in [0.2, 0.25) is 0 Å². The molecular formula is C21H20N2O4. The molecule has 0 radical (unpaired) electrons. The van der Waals surface area contributed by atoms with Gasteiger partial charge in [0.1, 0.15) is 0 Å². The Hall–Kier alpha value is -3.41. The summed E-state index contributed by atoms with van der Waals surface area (Å²) in [4.78, 5) is 27.7. The zero-order valence-electron chi connectivity index (χ0n) is 15.0. The lowest BCUT2D eigenvalue weighted by Gasteiger charge is -2.05. The van der Waals surface area contributed by atoms with E-state index in [1.165, 1.54) is 7.11 Å². The van der Waals surface area contributed by atoms with Crippen LogP contribution in [0, 0.1) is 0 Å². The quantitative estimate of drug-likeness (QED) is 0.650.